The molecule has 0 unspecified atom stereocenters. The van der Waals surface area contributed by atoms with Crippen LogP contribution in [-0.2, 0) is 0 Å². The van der Waals surface area contributed by atoms with E-state index in [2.05, 4.69) is 156 Å². The van der Waals surface area contributed by atoms with E-state index in [1.807, 2.05) is 0 Å². The molecule has 0 aliphatic heterocycles. The average molecular weight is 544 g/mol. The number of nitrogens with zero attached hydrogens (tertiary/aromatic N) is 1. The molecule has 0 aliphatic carbocycles. The minimum Gasteiger partial charge on any atom is -0.309 e. The summed E-state index contributed by atoms with van der Waals surface area (Å²) in [6.07, 6.45) is 0. The summed E-state index contributed by atoms with van der Waals surface area (Å²) in [7, 11) is 0. The van der Waals surface area contributed by atoms with Crippen molar-refractivity contribution in [2.24, 2.45) is 0 Å². The van der Waals surface area contributed by atoms with E-state index in [-0.39, 0.29) is 0 Å². The molecule has 0 spiro atoms. The van der Waals surface area contributed by atoms with Crippen LogP contribution < -0.4 is 0 Å². The van der Waals surface area contributed by atoms with Gasteiger partial charge in [0, 0.05) is 16.5 Å². The molecule has 1 heteroatoms. The van der Waals surface area contributed by atoms with E-state index >= 15 is 0 Å². The molecule has 0 amide bonds. The lowest BCUT2D eigenvalue weighted by atomic mass is 9.84. The predicted octanol–water partition coefficient (Wildman–Crippen LogP) is 11.7. The Bertz CT molecular complexity index is 2610. The fraction of sp³-hybridized carbons (Fsp3) is 0. The lowest BCUT2D eigenvalue weighted by Crippen LogP contribution is -1.93. The van der Waals surface area contributed by atoms with Gasteiger partial charge < -0.3 is 4.57 Å². The van der Waals surface area contributed by atoms with Crippen molar-refractivity contribution in [1.29, 1.82) is 0 Å². The average Bonchev–Trinajstić information content (AvgIpc) is 3.42. The third-order valence-electron chi connectivity index (χ3n) is 9.49. The molecule has 198 valence electrons. The first-order valence-electron chi connectivity index (χ1n) is 15.0. The number of aromatic nitrogens is 1. The highest BCUT2D eigenvalue weighted by Crippen LogP contribution is 2.46. The minimum atomic E-state index is 1.18. The van der Waals surface area contributed by atoms with Gasteiger partial charge in [-0.25, -0.2) is 0 Å². The summed E-state index contributed by atoms with van der Waals surface area (Å²) in [6.45, 7) is 0. The van der Waals surface area contributed by atoms with Crippen molar-refractivity contribution in [1.82, 2.24) is 4.57 Å². The molecule has 0 bridgehead atoms. The van der Waals surface area contributed by atoms with Crippen LogP contribution in [0.3, 0.4) is 0 Å². The highest BCUT2D eigenvalue weighted by Gasteiger charge is 2.19. The second-order valence-corrected chi connectivity index (χ2v) is 11.7. The first kappa shape index (κ1) is 23.0. The van der Waals surface area contributed by atoms with Crippen LogP contribution in [-0.4, -0.2) is 4.57 Å². The fourth-order valence-corrected chi connectivity index (χ4v) is 7.69. The molecule has 1 nitrogen and oxygen atoms in total. The van der Waals surface area contributed by atoms with Gasteiger partial charge in [0.05, 0.1) is 11.0 Å². The molecule has 0 aliphatic rings. The quantitative estimate of drug-likeness (QED) is 0.151. The zero-order valence-electron chi connectivity index (χ0n) is 23.4. The molecule has 10 rings (SSSR count). The zero-order valence-corrected chi connectivity index (χ0v) is 23.4. The van der Waals surface area contributed by atoms with E-state index < -0.39 is 0 Å². The first-order valence-corrected chi connectivity index (χ1v) is 15.0. The van der Waals surface area contributed by atoms with Gasteiger partial charge in [-0.1, -0.05) is 109 Å². The van der Waals surface area contributed by atoms with Gasteiger partial charge in [0.25, 0.3) is 0 Å². The van der Waals surface area contributed by atoms with Crippen LogP contribution in [0.25, 0.3) is 92.5 Å². The first-order chi connectivity index (χ1) is 21.3. The molecule has 0 N–H and O–H groups in total. The molecule has 0 fully saturated rings. The van der Waals surface area contributed by atoms with Crippen molar-refractivity contribution in [2.75, 3.05) is 0 Å². The van der Waals surface area contributed by atoms with Crippen LogP contribution in [0.4, 0.5) is 0 Å². The predicted molar refractivity (Wildman–Crippen MR) is 185 cm³/mol. The minimum absolute atomic E-state index is 1.18. The maximum absolute atomic E-state index is 2.43. The summed E-state index contributed by atoms with van der Waals surface area (Å²) in [5, 5.41) is 15.9. The van der Waals surface area contributed by atoms with Crippen LogP contribution >= 0.6 is 0 Å². The third kappa shape index (κ3) is 3.06. The third-order valence-corrected chi connectivity index (χ3v) is 9.49. The smallest absolute Gasteiger partial charge is 0.0541 e. The van der Waals surface area contributed by atoms with Crippen LogP contribution in [0.5, 0.6) is 0 Å². The summed E-state index contributed by atoms with van der Waals surface area (Å²) in [5.41, 5.74) is 6.13. The van der Waals surface area contributed by atoms with Crippen LogP contribution in [0, 0.1) is 0 Å². The number of fused-ring (bicyclic) bond motifs is 9. The van der Waals surface area contributed by atoms with Crippen molar-refractivity contribution < 1.29 is 0 Å². The molecule has 10 aromatic rings. The molecule has 9 aromatic carbocycles. The Labute approximate surface area is 248 Å². The van der Waals surface area contributed by atoms with E-state index in [0.29, 0.717) is 0 Å². The lowest BCUT2D eigenvalue weighted by molar-refractivity contribution is 1.18. The molecule has 1 heterocycles. The maximum atomic E-state index is 2.43. The van der Waals surface area contributed by atoms with Gasteiger partial charge in [-0.2, -0.15) is 0 Å². The van der Waals surface area contributed by atoms with Gasteiger partial charge in [-0.15, -0.1) is 0 Å². The summed E-state index contributed by atoms with van der Waals surface area (Å²) in [6, 6.07) is 56.0. The Balaban J connectivity index is 1.35. The topological polar surface area (TPSA) is 4.93 Å². The van der Waals surface area contributed by atoms with Gasteiger partial charge in [0.2, 0.25) is 0 Å². The summed E-state index contributed by atoms with van der Waals surface area (Å²) < 4.78 is 2.38. The Kier molecular flexibility index (Phi) is 4.51. The van der Waals surface area contributed by atoms with Crippen molar-refractivity contribution in [3.05, 3.63) is 152 Å². The number of rotatable bonds is 2. The van der Waals surface area contributed by atoms with Gasteiger partial charge in [-0.05, 0) is 107 Å². The molecule has 0 saturated heterocycles. The van der Waals surface area contributed by atoms with Crippen LogP contribution in [0.1, 0.15) is 0 Å². The van der Waals surface area contributed by atoms with Gasteiger partial charge in [0.1, 0.15) is 0 Å². The van der Waals surface area contributed by atoms with Crippen molar-refractivity contribution in [3.8, 4) is 16.8 Å². The monoisotopic (exact) mass is 543 g/mol. The van der Waals surface area contributed by atoms with Crippen molar-refractivity contribution in [2.45, 2.75) is 0 Å². The van der Waals surface area contributed by atoms with Crippen molar-refractivity contribution in [3.63, 3.8) is 0 Å². The summed E-state index contributed by atoms with van der Waals surface area (Å²) >= 11 is 0. The number of hydrogen-bond acceptors (Lipinski definition) is 0. The SMILES string of the molecule is c1ccc(-n2c3ccccc3c3cc(-c4cc5c6ccccc6c6cccc7c8ccccc8c(c4)c5c67)ccc32)cc1. The molecule has 0 atom stereocenters. The Hall–Kier alpha value is -5.66. The van der Waals surface area contributed by atoms with E-state index in [9.17, 15) is 0 Å². The molecule has 1 aromatic heterocycles. The fourth-order valence-electron chi connectivity index (χ4n) is 7.69. The molecule has 0 radical (unpaired) electrons. The molecule has 0 saturated carbocycles. The second-order valence-electron chi connectivity index (χ2n) is 11.7. The Morgan fingerprint density at radius 2 is 0.744 bits per heavy atom. The van der Waals surface area contributed by atoms with Gasteiger partial charge in [-0.3, -0.25) is 0 Å². The second kappa shape index (κ2) is 8.44. The van der Waals surface area contributed by atoms with E-state index in [4.69, 9.17) is 0 Å². The van der Waals surface area contributed by atoms with Gasteiger partial charge >= 0.3 is 0 Å². The van der Waals surface area contributed by atoms with Crippen LogP contribution in [0.15, 0.2) is 152 Å². The Morgan fingerprint density at radius 3 is 1.40 bits per heavy atom. The zero-order chi connectivity index (χ0) is 28.1. The summed E-state index contributed by atoms with van der Waals surface area (Å²) in [4.78, 5) is 0. The number of para-hydroxylation sites is 2. The van der Waals surface area contributed by atoms with Crippen molar-refractivity contribution >= 4 is 75.7 Å². The normalized spacial score (nSPS) is 12.2. The standard InChI is InChI=1S/C42H25N/c1-2-11-28(12-3-1)43-39-20-9-8-17-33(39)36-23-26(21-22-40(36)43)27-24-37-31-15-6-4-13-29(31)34-18-10-19-35-30-14-5-7-16-32(30)38(25-27)42(37)41(34)35/h1-25H. The largest absolute Gasteiger partial charge is 0.309 e. The Morgan fingerprint density at radius 1 is 0.279 bits per heavy atom. The van der Waals surface area contributed by atoms with E-state index in [1.165, 1.54) is 92.5 Å². The number of hydrogen-bond donors (Lipinski definition) is 0. The highest BCUT2D eigenvalue weighted by molar-refractivity contribution is 6.40. The maximum Gasteiger partial charge on any atom is 0.0541 e. The summed E-state index contributed by atoms with van der Waals surface area (Å²) in [5.74, 6) is 0. The highest BCUT2D eigenvalue weighted by atomic mass is 15.0. The van der Waals surface area contributed by atoms with E-state index in [1.54, 1.807) is 0 Å². The van der Waals surface area contributed by atoms with E-state index in [0.717, 1.165) is 0 Å². The lowest BCUT2D eigenvalue weighted by Gasteiger charge is -2.19. The number of benzene rings is 9. The molecular weight excluding hydrogens is 518 g/mol. The van der Waals surface area contributed by atoms with Gasteiger partial charge in [0.15, 0.2) is 0 Å². The molecular formula is C42H25N. The molecule has 43 heavy (non-hydrogen) atoms. The van der Waals surface area contributed by atoms with Crippen LogP contribution in [0.2, 0.25) is 0 Å².